The number of likely N-dealkylation sites (N-methyl/N-ethyl adjacent to an activating group) is 1. The van der Waals surface area contributed by atoms with E-state index in [-0.39, 0.29) is 18.4 Å². The van der Waals surface area contributed by atoms with Gasteiger partial charge in [0.1, 0.15) is 5.00 Å². The predicted molar refractivity (Wildman–Crippen MR) is 101 cm³/mol. The lowest BCUT2D eigenvalue weighted by Crippen LogP contribution is -2.31. The van der Waals surface area contributed by atoms with Crippen LogP contribution in [0.1, 0.15) is 33.3 Å². The van der Waals surface area contributed by atoms with Gasteiger partial charge in [-0.1, -0.05) is 30.3 Å². The summed E-state index contributed by atoms with van der Waals surface area (Å²) in [5.74, 6) is -1.18. The molecule has 2 rings (SSSR count). The first-order chi connectivity index (χ1) is 12.3. The normalized spacial score (nSPS) is 10.3. The van der Waals surface area contributed by atoms with E-state index in [0.717, 1.165) is 16.0 Å². The Labute approximate surface area is 156 Å². The molecule has 0 radical (unpaired) electrons. The van der Waals surface area contributed by atoms with Crippen LogP contribution in [0.4, 0.5) is 5.00 Å². The summed E-state index contributed by atoms with van der Waals surface area (Å²) < 4.78 is 5.19. The Balaban J connectivity index is 2.00. The first-order valence-electron chi connectivity index (χ1n) is 8.12. The SMILES string of the molecule is CC(=O)Nc1sc(C)c(C)c1C(=O)OCC(=O)N(C)Cc1ccccc1. The molecule has 1 aromatic heterocycles. The van der Waals surface area contributed by atoms with Gasteiger partial charge >= 0.3 is 5.97 Å². The molecule has 7 heteroatoms. The van der Waals surface area contributed by atoms with Crippen LogP contribution in [-0.2, 0) is 20.9 Å². The molecule has 0 bridgehead atoms. The van der Waals surface area contributed by atoms with Crippen LogP contribution in [0.3, 0.4) is 0 Å². The molecular formula is C19H22N2O4S. The van der Waals surface area contributed by atoms with E-state index in [1.54, 1.807) is 14.0 Å². The Morgan fingerprint density at radius 3 is 2.42 bits per heavy atom. The Morgan fingerprint density at radius 1 is 1.15 bits per heavy atom. The molecule has 0 fully saturated rings. The summed E-state index contributed by atoms with van der Waals surface area (Å²) in [6.07, 6.45) is 0. The number of carbonyl (C=O) groups is 3. The van der Waals surface area contributed by atoms with Gasteiger partial charge in [-0.2, -0.15) is 0 Å². The zero-order valence-corrected chi connectivity index (χ0v) is 16.1. The number of thiophene rings is 1. The lowest BCUT2D eigenvalue weighted by molar-refractivity contribution is -0.133. The number of carbonyl (C=O) groups excluding carboxylic acids is 3. The zero-order chi connectivity index (χ0) is 19.3. The van der Waals surface area contributed by atoms with Gasteiger partial charge in [0.15, 0.2) is 6.61 Å². The van der Waals surface area contributed by atoms with Crippen LogP contribution in [-0.4, -0.2) is 36.3 Å². The third-order valence-electron chi connectivity index (χ3n) is 3.89. The lowest BCUT2D eigenvalue weighted by Gasteiger charge is -2.17. The molecule has 0 unspecified atom stereocenters. The molecule has 0 saturated carbocycles. The van der Waals surface area contributed by atoms with E-state index >= 15 is 0 Å². The number of esters is 1. The number of anilines is 1. The van der Waals surface area contributed by atoms with Crippen molar-refractivity contribution in [2.45, 2.75) is 27.3 Å². The first kappa shape index (κ1) is 19.7. The number of benzene rings is 1. The van der Waals surface area contributed by atoms with Crippen LogP contribution < -0.4 is 5.32 Å². The fourth-order valence-electron chi connectivity index (χ4n) is 2.38. The van der Waals surface area contributed by atoms with Gasteiger partial charge in [-0.15, -0.1) is 11.3 Å². The fraction of sp³-hybridized carbons (Fsp3) is 0.316. The summed E-state index contributed by atoms with van der Waals surface area (Å²) in [5.41, 5.74) is 2.04. The summed E-state index contributed by atoms with van der Waals surface area (Å²) in [4.78, 5) is 38.4. The molecule has 6 nitrogen and oxygen atoms in total. The van der Waals surface area contributed by atoms with Crippen LogP contribution in [0.2, 0.25) is 0 Å². The quantitative estimate of drug-likeness (QED) is 0.788. The van der Waals surface area contributed by atoms with Gasteiger partial charge in [-0.3, -0.25) is 9.59 Å². The van der Waals surface area contributed by atoms with Crippen LogP contribution >= 0.6 is 11.3 Å². The minimum atomic E-state index is -0.614. The number of nitrogens with one attached hydrogen (secondary N) is 1. The molecule has 0 saturated heterocycles. The number of rotatable bonds is 6. The lowest BCUT2D eigenvalue weighted by atomic mass is 10.1. The number of nitrogens with zero attached hydrogens (tertiary/aromatic N) is 1. The molecule has 1 aromatic carbocycles. The van der Waals surface area contributed by atoms with Gasteiger partial charge in [0.2, 0.25) is 5.91 Å². The maximum atomic E-state index is 12.4. The highest BCUT2D eigenvalue weighted by Gasteiger charge is 2.23. The highest BCUT2D eigenvalue weighted by Crippen LogP contribution is 2.32. The molecule has 0 atom stereocenters. The van der Waals surface area contributed by atoms with E-state index < -0.39 is 5.97 Å². The van der Waals surface area contributed by atoms with E-state index in [2.05, 4.69) is 5.32 Å². The Kier molecular flexibility index (Phi) is 6.52. The second-order valence-corrected chi connectivity index (χ2v) is 7.20. The third kappa shape index (κ3) is 4.92. The molecular weight excluding hydrogens is 352 g/mol. The van der Waals surface area contributed by atoms with Gasteiger partial charge in [0.25, 0.3) is 5.91 Å². The van der Waals surface area contributed by atoms with E-state index in [4.69, 9.17) is 4.74 Å². The van der Waals surface area contributed by atoms with Gasteiger partial charge in [-0.25, -0.2) is 4.79 Å². The molecule has 0 aliphatic carbocycles. The Morgan fingerprint density at radius 2 is 1.81 bits per heavy atom. The monoisotopic (exact) mass is 374 g/mol. The van der Waals surface area contributed by atoms with Gasteiger partial charge in [-0.05, 0) is 25.0 Å². The summed E-state index contributed by atoms with van der Waals surface area (Å²) in [7, 11) is 1.66. The van der Waals surface area contributed by atoms with Crippen molar-refractivity contribution in [3.63, 3.8) is 0 Å². The average Bonchev–Trinajstić information content (AvgIpc) is 2.86. The Bertz CT molecular complexity index is 814. The van der Waals surface area contributed by atoms with Gasteiger partial charge < -0.3 is 15.0 Å². The van der Waals surface area contributed by atoms with Crippen molar-refractivity contribution >= 4 is 34.1 Å². The van der Waals surface area contributed by atoms with E-state index in [1.165, 1.54) is 23.2 Å². The van der Waals surface area contributed by atoms with E-state index in [9.17, 15) is 14.4 Å². The van der Waals surface area contributed by atoms with Crippen LogP contribution in [0.15, 0.2) is 30.3 Å². The topological polar surface area (TPSA) is 75.7 Å². The predicted octanol–water partition coefficient (Wildman–Crippen LogP) is 3.14. The molecule has 1 heterocycles. The van der Waals surface area contributed by atoms with Crippen molar-refractivity contribution in [2.75, 3.05) is 19.0 Å². The third-order valence-corrected chi connectivity index (χ3v) is 5.02. The maximum Gasteiger partial charge on any atom is 0.341 e. The molecule has 2 aromatic rings. The fourth-order valence-corrected chi connectivity index (χ4v) is 3.47. The van der Waals surface area contributed by atoms with E-state index in [1.807, 2.05) is 37.3 Å². The molecule has 0 spiro atoms. The summed E-state index contributed by atoms with van der Waals surface area (Å²) in [5, 5.41) is 3.09. The van der Waals surface area contributed by atoms with Crippen molar-refractivity contribution in [3.8, 4) is 0 Å². The summed E-state index contributed by atoms with van der Waals surface area (Å²) in [6, 6.07) is 9.56. The second kappa shape index (κ2) is 8.62. The first-order valence-corrected chi connectivity index (χ1v) is 8.93. The van der Waals surface area contributed by atoms with Crippen molar-refractivity contribution in [1.29, 1.82) is 0 Å². The second-order valence-electron chi connectivity index (χ2n) is 5.98. The number of amides is 2. The molecule has 0 aliphatic rings. The highest BCUT2D eigenvalue weighted by molar-refractivity contribution is 7.16. The van der Waals surface area contributed by atoms with Crippen LogP contribution in [0.5, 0.6) is 0 Å². The van der Waals surface area contributed by atoms with Crippen molar-refractivity contribution in [2.24, 2.45) is 0 Å². The van der Waals surface area contributed by atoms with Crippen LogP contribution in [0, 0.1) is 13.8 Å². The zero-order valence-electron chi connectivity index (χ0n) is 15.3. The van der Waals surface area contributed by atoms with Gasteiger partial charge in [0.05, 0.1) is 5.56 Å². The number of hydrogen-bond donors (Lipinski definition) is 1. The standard InChI is InChI=1S/C19H22N2O4S/c1-12-13(2)26-18(20-14(3)22)17(12)19(24)25-11-16(23)21(4)10-15-8-6-5-7-9-15/h5-9H,10-11H2,1-4H3,(H,20,22). The minimum absolute atomic E-state index is 0.265. The van der Waals surface area contributed by atoms with Gasteiger partial charge in [0, 0.05) is 25.4 Å². The molecule has 0 aliphatic heterocycles. The smallest absolute Gasteiger partial charge is 0.341 e. The molecule has 26 heavy (non-hydrogen) atoms. The molecule has 138 valence electrons. The average molecular weight is 374 g/mol. The van der Waals surface area contributed by atoms with E-state index in [0.29, 0.717) is 17.1 Å². The Hall–Kier alpha value is -2.67. The summed E-state index contributed by atoms with van der Waals surface area (Å²) >= 11 is 1.31. The minimum Gasteiger partial charge on any atom is -0.452 e. The maximum absolute atomic E-state index is 12.4. The van der Waals surface area contributed by atoms with Crippen molar-refractivity contribution < 1.29 is 19.1 Å². The number of aryl methyl sites for hydroxylation is 1. The largest absolute Gasteiger partial charge is 0.452 e. The van der Waals surface area contributed by atoms with Crippen molar-refractivity contribution in [1.82, 2.24) is 4.90 Å². The molecule has 1 N–H and O–H groups in total. The van der Waals surface area contributed by atoms with Crippen LogP contribution in [0.25, 0.3) is 0 Å². The summed E-state index contributed by atoms with van der Waals surface area (Å²) in [6.45, 7) is 5.11. The number of ether oxygens (including phenoxy) is 1. The van der Waals surface area contributed by atoms with Crippen molar-refractivity contribution in [3.05, 3.63) is 51.9 Å². The highest BCUT2D eigenvalue weighted by atomic mass is 32.1. The molecule has 2 amide bonds. The number of hydrogen-bond acceptors (Lipinski definition) is 5.